The molecule has 1 aliphatic heterocycles. The molecule has 1 aromatic carbocycles. The lowest BCUT2D eigenvalue weighted by molar-refractivity contribution is 0.917. The summed E-state index contributed by atoms with van der Waals surface area (Å²) in [7, 11) is 0. The minimum absolute atomic E-state index is 0.0565. The molecular weight excluding hydrogens is 258 g/mol. The van der Waals surface area contributed by atoms with Gasteiger partial charge < -0.3 is 5.32 Å². The molecule has 1 unspecified atom stereocenters. The Morgan fingerprint density at radius 1 is 1.11 bits per heavy atom. The molecule has 0 amide bonds. The Morgan fingerprint density at radius 2 is 1.95 bits per heavy atom. The number of aliphatic imine (C=N–C) groups is 1. The SMILES string of the molecule is Clc1ccc(C(C2=NCCN2)c2ccccn2)cc1. The van der Waals surface area contributed by atoms with Crippen LogP contribution in [0.5, 0.6) is 0 Å². The monoisotopic (exact) mass is 271 g/mol. The fraction of sp³-hybridized carbons (Fsp3) is 0.200. The van der Waals surface area contributed by atoms with Crippen molar-refractivity contribution < 1.29 is 0 Å². The molecule has 0 bridgehead atoms. The maximum atomic E-state index is 5.96. The van der Waals surface area contributed by atoms with Gasteiger partial charge in [-0.15, -0.1) is 0 Å². The van der Waals surface area contributed by atoms with E-state index in [1.54, 1.807) is 0 Å². The van der Waals surface area contributed by atoms with Gasteiger partial charge in [-0.3, -0.25) is 9.98 Å². The van der Waals surface area contributed by atoms with E-state index in [1.807, 2.05) is 48.7 Å². The Balaban J connectivity index is 2.04. The number of amidine groups is 1. The third-order valence-electron chi connectivity index (χ3n) is 3.16. The quantitative estimate of drug-likeness (QED) is 0.932. The van der Waals surface area contributed by atoms with Gasteiger partial charge in [0.1, 0.15) is 5.84 Å². The van der Waals surface area contributed by atoms with Crippen LogP contribution in [0.4, 0.5) is 0 Å². The van der Waals surface area contributed by atoms with Crippen LogP contribution in [0.1, 0.15) is 17.2 Å². The smallest absolute Gasteiger partial charge is 0.110 e. The normalized spacial score (nSPS) is 15.7. The zero-order chi connectivity index (χ0) is 13.1. The maximum Gasteiger partial charge on any atom is 0.110 e. The summed E-state index contributed by atoms with van der Waals surface area (Å²) in [6, 6.07) is 13.8. The largest absolute Gasteiger partial charge is 0.371 e. The highest BCUT2D eigenvalue weighted by Crippen LogP contribution is 2.26. The van der Waals surface area contributed by atoms with Crippen molar-refractivity contribution in [3.8, 4) is 0 Å². The van der Waals surface area contributed by atoms with Gasteiger partial charge in [0.15, 0.2) is 0 Å². The predicted molar refractivity (Wildman–Crippen MR) is 77.8 cm³/mol. The molecule has 3 nitrogen and oxygen atoms in total. The van der Waals surface area contributed by atoms with Crippen LogP contribution in [-0.2, 0) is 0 Å². The molecule has 96 valence electrons. The standard InChI is InChI=1S/C15H14ClN3/c16-12-6-4-11(5-7-12)14(15-18-9-10-19-15)13-3-1-2-8-17-13/h1-8,14H,9-10H2,(H,18,19). The van der Waals surface area contributed by atoms with Gasteiger partial charge in [-0.25, -0.2) is 0 Å². The van der Waals surface area contributed by atoms with Gasteiger partial charge in [0, 0.05) is 17.8 Å². The van der Waals surface area contributed by atoms with E-state index in [0.717, 1.165) is 35.2 Å². The molecule has 19 heavy (non-hydrogen) atoms. The minimum Gasteiger partial charge on any atom is -0.371 e. The van der Waals surface area contributed by atoms with Gasteiger partial charge in [-0.2, -0.15) is 0 Å². The van der Waals surface area contributed by atoms with Crippen LogP contribution in [0.15, 0.2) is 53.7 Å². The highest BCUT2D eigenvalue weighted by atomic mass is 35.5. The molecule has 2 heterocycles. The molecule has 2 aromatic rings. The van der Waals surface area contributed by atoms with Gasteiger partial charge in [-0.05, 0) is 29.8 Å². The molecule has 1 aliphatic rings. The third kappa shape index (κ3) is 2.61. The number of hydrogen-bond donors (Lipinski definition) is 1. The molecule has 1 atom stereocenters. The summed E-state index contributed by atoms with van der Waals surface area (Å²) in [5.41, 5.74) is 2.15. The summed E-state index contributed by atoms with van der Waals surface area (Å²) in [5, 5.41) is 4.09. The molecule has 0 fully saturated rings. The van der Waals surface area contributed by atoms with E-state index in [0.29, 0.717) is 0 Å². The van der Waals surface area contributed by atoms with Crippen molar-refractivity contribution in [3.63, 3.8) is 0 Å². The summed E-state index contributed by atoms with van der Waals surface area (Å²) in [5.74, 6) is 1.04. The van der Waals surface area contributed by atoms with Crippen LogP contribution in [0, 0.1) is 0 Å². The lowest BCUT2D eigenvalue weighted by atomic mass is 9.94. The van der Waals surface area contributed by atoms with Crippen molar-refractivity contribution in [2.45, 2.75) is 5.92 Å². The first-order chi connectivity index (χ1) is 9.34. The molecule has 0 aliphatic carbocycles. The molecule has 0 radical (unpaired) electrons. The maximum absolute atomic E-state index is 5.96. The van der Waals surface area contributed by atoms with E-state index in [9.17, 15) is 0 Å². The van der Waals surface area contributed by atoms with E-state index in [4.69, 9.17) is 11.6 Å². The van der Waals surface area contributed by atoms with Crippen LogP contribution in [0.2, 0.25) is 5.02 Å². The second-order valence-corrected chi connectivity index (χ2v) is 4.87. The summed E-state index contributed by atoms with van der Waals surface area (Å²) in [4.78, 5) is 9.01. The molecular formula is C15H14ClN3. The second kappa shape index (κ2) is 5.41. The number of aromatic nitrogens is 1. The number of rotatable bonds is 3. The van der Waals surface area contributed by atoms with Gasteiger partial charge in [0.05, 0.1) is 18.2 Å². The summed E-state index contributed by atoms with van der Waals surface area (Å²) in [6.07, 6.45) is 1.81. The van der Waals surface area contributed by atoms with Gasteiger partial charge in [0.2, 0.25) is 0 Å². The van der Waals surface area contributed by atoms with E-state index < -0.39 is 0 Å². The molecule has 3 rings (SSSR count). The lowest BCUT2D eigenvalue weighted by Crippen LogP contribution is -2.27. The summed E-state index contributed by atoms with van der Waals surface area (Å²) >= 11 is 5.96. The molecule has 0 saturated heterocycles. The first-order valence-corrected chi connectivity index (χ1v) is 6.67. The topological polar surface area (TPSA) is 37.3 Å². The van der Waals surface area contributed by atoms with Crippen LogP contribution < -0.4 is 5.32 Å². The number of hydrogen-bond acceptors (Lipinski definition) is 3. The number of pyridine rings is 1. The third-order valence-corrected chi connectivity index (χ3v) is 3.41. The molecule has 0 saturated carbocycles. The summed E-state index contributed by atoms with van der Waals surface area (Å²) in [6.45, 7) is 1.72. The average molecular weight is 272 g/mol. The fourth-order valence-corrected chi connectivity index (χ4v) is 2.41. The van der Waals surface area contributed by atoms with E-state index >= 15 is 0 Å². The van der Waals surface area contributed by atoms with E-state index in [2.05, 4.69) is 15.3 Å². The van der Waals surface area contributed by atoms with Crippen LogP contribution in [0.25, 0.3) is 0 Å². The van der Waals surface area contributed by atoms with Crippen molar-refractivity contribution >= 4 is 17.4 Å². The predicted octanol–water partition coefficient (Wildman–Crippen LogP) is 2.87. The van der Waals surface area contributed by atoms with E-state index in [1.165, 1.54) is 0 Å². The number of nitrogens with zero attached hydrogens (tertiary/aromatic N) is 2. The highest BCUT2D eigenvalue weighted by molar-refractivity contribution is 6.30. The van der Waals surface area contributed by atoms with Crippen LogP contribution in [0.3, 0.4) is 0 Å². The first-order valence-electron chi connectivity index (χ1n) is 6.29. The number of nitrogens with one attached hydrogen (secondary N) is 1. The summed E-state index contributed by atoms with van der Waals surface area (Å²) < 4.78 is 0. The Kier molecular flexibility index (Phi) is 3.47. The minimum atomic E-state index is 0.0565. The number of benzene rings is 1. The van der Waals surface area contributed by atoms with Crippen molar-refractivity contribution in [1.82, 2.24) is 10.3 Å². The van der Waals surface area contributed by atoms with Crippen molar-refractivity contribution in [2.24, 2.45) is 4.99 Å². The first kappa shape index (κ1) is 12.2. The Labute approximate surface area is 117 Å². The molecule has 1 aromatic heterocycles. The molecule has 0 spiro atoms. The zero-order valence-electron chi connectivity index (χ0n) is 10.4. The van der Waals surface area contributed by atoms with Crippen LogP contribution >= 0.6 is 11.6 Å². The number of halogens is 1. The van der Waals surface area contributed by atoms with Crippen LogP contribution in [-0.4, -0.2) is 23.9 Å². The van der Waals surface area contributed by atoms with Gasteiger partial charge >= 0.3 is 0 Å². The second-order valence-electron chi connectivity index (χ2n) is 4.43. The Hall–Kier alpha value is -1.87. The highest BCUT2D eigenvalue weighted by Gasteiger charge is 2.23. The van der Waals surface area contributed by atoms with Gasteiger partial charge in [0.25, 0.3) is 0 Å². The van der Waals surface area contributed by atoms with Crippen molar-refractivity contribution in [2.75, 3.05) is 13.1 Å². The van der Waals surface area contributed by atoms with Crippen molar-refractivity contribution in [1.29, 1.82) is 0 Å². The van der Waals surface area contributed by atoms with E-state index in [-0.39, 0.29) is 5.92 Å². The fourth-order valence-electron chi connectivity index (χ4n) is 2.28. The molecule has 4 heteroatoms. The lowest BCUT2D eigenvalue weighted by Gasteiger charge is -2.17. The zero-order valence-corrected chi connectivity index (χ0v) is 11.1. The Morgan fingerprint density at radius 3 is 2.58 bits per heavy atom. The van der Waals surface area contributed by atoms with Crippen molar-refractivity contribution in [3.05, 3.63) is 64.9 Å². The average Bonchev–Trinajstić information content (AvgIpc) is 2.96. The molecule has 1 N–H and O–H groups in total. The Bertz CT molecular complexity index is 578. The van der Waals surface area contributed by atoms with Gasteiger partial charge in [-0.1, -0.05) is 29.8 Å².